The van der Waals surface area contributed by atoms with E-state index in [-0.39, 0.29) is 48.1 Å². The number of nitrogens with zero attached hydrogens (tertiary/aromatic N) is 4. The fourth-order valence-corrected chi connectivity index (χ4v) is 4.73. The Morgan fingerprint density at radius 2 is 2.00 bits per heavy atom. The van der Waals surface area contributed by atoms with E-state index in [1.54, 1.807) is 6.20 Å². The molecule has 8 nitrogen and oxygen atoms in total. The number of benzene rings is 1. The Labute approximate surface area is 176 Å². The van der Waals surface area contributed by atoms with Gasteiger partial charge in [-0.3, -0.25) is 4.90 Å². The topological polar surface area (TPSA) is 94.4 Å². The summed E-state index contributed by atoms with van der Waals surface area (Å²) in [6.07, 6.45) is 1.67. The van der Waals surface area contributed by atoms with Gasteiger partial charge >= 0.3 is 6.09 Å². The molecule has 4 rings (SSSR count). The van der Waals surface area contributed by atoms with Crippen molar-refractivity contribution < 1.29 is 26.7 Å². The lowest BCUT2D eigenvalue weighted by Gasteiger charge is -2.18. The molecule has 0 spiro atoms. The lowest BCUT2D eigenvalue weighted by molar-refractivity contribution is 0.129. The molecule has 1 aromatic carbocycles. The van der Waals surface area contributed by atoms with Gasteiger partial charge in [0.15, 0.2) is 9.84 Å². The zero-order valence-electron chi connectivity index (χ0n) is 15.6. The van der Waals surface area contributed by atoms with Gasteiger partial charge in [0, 0.05) is 11.8 Å². The van der Waals surface area contributed by atoms with Crippen molar-refractivity contribution in [2.45, 2.75) is 24.9 Å². The number of carbonyl (C=O) groups excluding carboxylic acids is 1. The van der Waals surface area contributed by atoms with Crippen LogP contribution >= 0.6 is 11.6 Å². The number of alkyl halides is 1. The van der Waals surface area contributed by atoms with Crippen LogP contribution in [0.3, 0.4) is 0 Å². The van der Waals surface area contributed by atoms with Gasteiger partial charge in [-0.1, -0.05) is 11.3 Å². The summed E-state index contributed by atoms with van der Waals surface area (Å²) in [5, 5.41) is 7.72. The van der Waals surface area contributed by atoms with Crippen molar-refractivity contribution in [3.8, 4) is 0 Å². The van der Waals surface area contributed by atoms with Crippen LogP contribution in [0, 0.1) is 11.6 Å². The van der Waals surface area contributed by atoms with Crippen LogP contribution in [0.15, 0.2) is 24.4 Å². The van der Waals surface area contributed by atoms with Crippen LogP contribution in [-0.2, 0) is 27.0 Å². The van der Waals surface area contributed by atoms with Crippen molar-refractivity contribution in [1.82, 2.24) is 15.0 Å². The van der Waals surface area contributed by atoms with Crippen LogP contribution in [-0.4, -0.2) is 53.7 Å². The molecule has 0 aliphatic carbocycles. The first-order chi connectivity index (χ1) is 14.3. The second kappa shape index (κ2) is 7.95. The molecule has 0 radical (unpaired) electrons. The normalized spacial score (nSPS) is 20.9. The number of rotatable bonds is 5. The SMILES string of the molecule is O=C1O[C@@H](Cn2cc(CCl)nn2)CN1c1cc(F)c(C2=CCS(=O)(=O)CC2)c(F)c1. The first kappa shape index (κ1) is 20.7. The van der Waals surface area contributed by atoms with Crippen LogP contribution in [0.25, 0.3) is 5.57 Å². The van der Waals surface area contributed by atoms with Crippen molar-refractivity contribution >= 4 is 38.8 Å². The monoisotopic (exact) mass is 458 g/mol. The third kappa shape index (κ3) is 4.17. The van der Waals surface area contributed by atoms with E-state index in [0.717, 1.165) is 17.0 Å². The maximum atomic E-state index is 14.7. The van der Waals surface area contributed by atoms with Crippen LogP contribution in [0.4, 0.5) is 19.3 Å². The number of ether oxygens (including phenoxy) is 1. The van der Waals surface area contributed by atoms with E-state index in [4.69, 9.17) is 16.3 Å². The first-order valence-corrected chi connectivity index (χ1v) is 11.4. The molecule has 30 heavy (non-hydrogen) atoms. The van der Waals surface area contributed by atoms with Crippen LogP contribution in [0.5, 0.6) is 0 Å². The van der Waals surface area contributed by atoms with Gasteiger partial charge in [0.2, 0.25) is 0 Å². The van der Waals surface area contributed by atoms with Crippen molar-refractivity contribution in [1.29, 1.82) is 0 Å². The Kier molecular flexibility index (Phi) is 5.49. The number of halogens is 3. The van der Waals surface area contributed by atoms with E-state index >= 15 is 0 Å². The average Bonchev–Trinajstić information content (AvgIpc) is 3.28. The van der Waals surface area contributed by atoms with E-state index in [9.17, 15) is 22.0 Å². The maximum absolute atomic E-state index is 14.7. The van der Waals surface area contributed by atoms with Crippen molar-refractivity contribution in [3.05, 3.63) is 47.3 Å². The highest BCUT2D eigenvalue weighted by Crippen LogP contribution is 2.32. The number of anilines is 1. The Morgan fingerprint density at radius 1 is 1.27 bits per heavy atom. The number of aromatic nitrogens is 3. The molecule has 2 aromatic rings. The van der Waals surface area contributed by atoms with Crippen molar-refractivity contribution in [2.75, 3.05) is 23.0 Å². The molecule has 0 unspecified atom stereocenters. The predicted octanol–water partition coefficient (Wildman–Crippen LogP) is 2.52. The Bertz CT molecular complexity index is 1110. The molecule has 0 bridgehead atoms. The number of amides is 1. The summed E-state index contributed by atoms with van der Waals surface area (Å²) in [4.78, 5) is 13.4. The Balaban J connectivity index is 1.53. The summed E-state index contributed by atoms with van der Waals surface area (Å²) in [5.74, 6) is -1.95. The summed E-state index contributed by atoms with van der Waals surface area (Å²) < 4.78 is 59.2. The molecule has 2 aliphatic heterocycles. The minimum Gasteiger partial charge on any atom is -0.442 e. The predicted molar refractivity (Wildman–Crippen MR) is 105 cm³/mol. The zero-order valence-corrected chi connectivity index (χ0v) is 17.2. The maximum Gasteiger partial charge on any atom is 0.414 e. The summed E-state index contributed by atoms with van der Waals surface area (Å²) >= 11 is 5.68. The van der Waals surface area contributed by atoms with Gasteiger partial charge in [0.25, 0.3) is 0 Å². The number of allylic oxidation sites excluding steroid dienone is 1. The van der Waals surface area contributed by atoms with Gasteiger partial charge in [0.05, 0.1) is 41.9 Å². The smallest absolute Gasteiger partial charge is 0.414 e. The fraction of sp³-hybridized carbons (Fsp3) is 0.389. The molecular formula is C18H17ClF2N4O4S. The molecule has 1 aromatic heterocycles. The summed E-state index contributed by atoms with van der Waals surface area (Å²) in [6.45, 7) is 0.296. The molecule has 1 saturated heterocycles. The summed E-state index contributed by atoms with van der Waals surface area (Å²) in [5.41, 5.74) is 0.622. The molecular weight excluding hydrogens is 442 g/mol. The van der Waals surface area contributed by atoms with E-state index in [1.807, 2.05) is 0 Å². The van der Waals surface area contributed by atoms with E-state index in [2.05, 4.69) is 10.3 Å². The van der Waals surface area contributed by atoms with Gasteiger partial charge in [-0.25, -0.2) is 26.7 Å². The average molecular weight is 459 g/mol. The van der Waals surface area contributed by atoms with Crippen LogP contribution < -0.4 is 4.90 Å². The van der Waals surface area contributed by atoms with Gasteiger partial charge in [-0.2, -0.15) is 0 Å². The highest BCUT2D eigenvalue weighted by Gasteiger charge is 2.34. The zero-order chi connectivity index (χ0) is 21.5. The van der Waals surface area contributed by atoms with Gasteiger partial charge < -0.3 is 4.74 Å². The second-order valence-electron chi connectivity index (χ2n) is 7.06. The quantitative estimate of drug-likeness (QED) is 0.639. The number of cyclic esters (lactones) is 1. The van der Waals surface area contributed by atoms with Crippen LogP contribution in [0.1, 0.15) is 17.7 Å². The van der Waals surface area contributed by atoms with Gasteiger partial charge in [-0.05, 0) is 24.1 Å². The minimum atomic E-state index is -3.22. The molecule has 2 aliphatic rings. The van der Waals surface area contributed by atoms with Gasteiger partial charge in [0.1, 0.15) is 17.7 Å². The Morgan fingerprint density at radius 3 is 2.60 bits per heavy atom. The van der Waals surface area contributed by atoms with E-state index in [0.29, 0.717) is 11.3 Å². The summed E-state index contributed by atoms with van der Waals surface area (Å²) in [7, 11) is -3.22. The lowest BCUT2D eigenvalue weighted by atomic mass is 10.0. The highest BCUT2D eigenvalue weighted by atomic mass is 35.5. The number of hydrogen-bond donors (Lipinski definition) is 0. The Hall–Kier alpha value is -2.53. The standard InChI is InChI=1S/C18H17ClF2N4O4S/c19-7-12-8-24(23-22-12)9-14-10-25(18(26)29-14)13-5-15(20)17(16(21)6-13)11-1-3-30(27,28)4-2-11/h1,5-6,8,14H,2-4,7,9-10H2/t14-/m0/s1. The molecule has 0 saturated carbocycles. The number of carbonyl (C=O) groups is 1. The van der Waals surface area contributed by atoms with Crippen LogP contribution in [0.2, 0.25) is 0 Å². The molecule has 160 valence electrons. The highest BCUT2D eigenvalue weighted by molar-refractivity contribution is 7.91. The summed E-state index contributed by atoms with van der Waals surface area (Å²) in [6, 6.07) is 2.10. The third-order valence-corrected chi connectivity index (χ3v) is 6.69. The largest absolute Gasteiger partial charge is 0.442 e. The van der Waals surface area contributed by atoms with Crippen molar-refractivity contribution in [2.24, 2.45) is 0 Å². The third-order valence-electron chi connectivity index (χ3n) is 4.91. The molecule has 1 amide bonds. The molecule has 0 N–H and O–H groups in total. The minimum absolute atomic E-state index is 0.0188. The van der Waals surface area contributed by atoms with E-state index in [1.165, 1.54) is 10.8 Å². The number of hydrogen-bond acceptors (Lipinski definition) is 6. The molecule has 1 atom stereocenters. The molecule has 12 heteroatoms. The van der Waals surface area contributed by atoms with Gasteiger partial charge in [-0.15, -0.1) is 16.7 Å². The first-order valence-electron chi connectivity index (χ1n) is 9.08. The fourth-order valence-electron chi connectivity index (χ4n) is 3.45. The molecule has 3 heterocycles. The molecule has 1 fully saturated rings. The van der Waals surface area contributed by atoms with Crippen molar-refractivity contribution in [3.63, 3.8) is 0 Å². The lowest BCUT2D eigenvalue weighted by Crippen LogP contribution is -2.26. The number of sulfone groups is 1. The van der Waals surface area contributed by atoms with E-state index < -0.39 is 33.7 Å². The second-order valence-corrected chi connectivity index (χ2v) is 9.56.